The monoisotopic (exact) mass is 334 g/mol. The van der Waals surface area contributed by atoms with Crippen LogP contribution in [0.25, 0.3) is 10.9 Å². The third-order valence-corrected chi connectivity index (χ3v) is 4.33. The topological polar surface area (TPSA) is 92.5 Å². The van der Waals surface area contributed by atoms with E-state index in [0.29, 0.717) is 17.1 Å². The number of carbonyl (C=O) groups is 1. The Morgan fingerprint density at radius 3 is 3.04 bits per heavy atom. The molecule has 1 aliphatic carbocycles. The lowest BCUT2D eigenvalue weighted by Crippen LogP contribution is -2.51. The van der Waals surface area contributed by atoms with Crippen molar-refractivity contribution in [2.75, 3.05) is 7.11 Å². The first kappa shape index (κ1) is 15.8. The van der Waals surface area contributed by atoms with Crippen LogP contribution in [-0.4, -0.2) is 35.8 Å². The van der Waals surface area contributed by atoms with E-state index in [1.165, 1.54) is 7.11 Å². The molecule has 122 valence electrons. The van der Waals surface area contributed by atoms with Gasteiger partial charge < -0.3 is 20.9 Å². The van der Waals surface area contributed by atoms with E-state index in [2.05, 4.69) is 15.5 Å². The molecule has 1 aromatic carbocycles. The first-order chi connectivity index (χ1) is 11.1. The van der Waals surface area contributed by atoms with Crippen molar-refractivity contribution in [3.63, 3.8) is 0 Å². The molecule has 0 unspecified atom stereocenters. The third-order valence-electron chi connectivity index (χ3n) is 4.10. The SMILES string of the molecule is CON=C1CC[C@@H](NC(=O)c2cc3cc(Cl)ccc3[nH]2)[C@@H](N)C1. The lowest BCUT2D eigenvalue weighted by Gasteiger charge is -2.29. The Morgan fingerprint density at radius 1 is 1.48 bits per heavy atom. The number of oxime groups is 1. The number of nitrogens with two attached hydrogens (primary N) is 1. The van der Waals surface area contributed by atoms with E-state index in [1.807, 2.05) is 12.1 Å². The van der Waals surface area contributed by atoms with Gasteiger partial charge in [-0.15, -0.1) is 0 Å². The Morgan fingerprint density at radius 2 is 2.30 bits per heavy atom. The van der Waals surface area contributed by atoms with Gasteiger partial charge in [0.2, 0.25) is 0 Å². The molecule has 1 amide bonds. The number of H-pyrrole nitrogens is 1. The number of rotatable bonds is 3. The smallest absolute Gasteiger partial charge is 0.268 e. The average molecular weight is 335 g/mol. The summed E-state index contributed by atoms with van der Waals surface area (Å²) in [5, 5.41) is 8.50. The fourth-order valence-corrected chi connectivity index (χ4v) is 3.10. The Labute approximate surface area is 139 Å². The van der Waals surface area contributed by atoms with Crippen molar-refractivity contribution in [1.29, 1.82) is 0 Å². The van der Waals surface area contributed by atoms with E-state index in [9.17, 15) is 4.79 Å². The number of hydrogen-bond acceptors (Lipinski definition) is 4. The zero-order valence-corrected chi connectivity index (χ0v) is 13.6. The van der Waals surface area contributed by atoms with Crippen LogP contribution in [0.4, 0.5) is 0 Å². The van der Waals surface area contributed by atoms with E-state index in [1.54, 1.807) is 12.1 Å². The Balaban J connectivity index is 1.69. The number of nitrogens with one attached hydrogen (secondary N) is 2. The molecule has 0 saturated heterocycles. The van der Waals surface area contributed by atoms with Crippen LogP contribution in [0.3, 0.4) is 0 Å². The molecule has 23 heavy (non-hydrogen) atoms. The highest BCUT2D eigenvalue weighted by Crippen LogP contribution is 2.21. The predicted molar refractivity (Wildman–Crippen MR) is 90.8 cm³/mol. The fraction of sp³-hybridized carbons (Fsp3) is 0.375. The molecule has 1 heterocycles. The van der Waals surface area contributed by atoms with E-state index >= 15 is 0 Å². The Hall–Kier alpha value is -2.05. The van der Waals surface area contributed by atoms with Crippen LogP contribution in [0.1, 0.15) is 29.8 Å². The lowest BCUT2D eigenvalue weighted by molar-refractivity contribution is 0.0922. The highest BCUT2D eigenvalue weighted by molar-refractivity contribution is 6.31. The second kappa shape index (κ2) is 6.60. The van der Waals surface area contributed by atoms with Crippen LogP contribution in [0.5, 0.6) is 0 Å². The minimum atomic E-state index is -0.166. The molecule has 0 spiro atoms. The highest BCUT2D eigenvalue weighted by Gasteiger charge is 2.27. The normalized spacial score (nSPS) is 23.2. The number of carbonyl (C=O) groups excluding carboxylic acids is 1. The average Bonchev–Trinajstić information content (AvgIpc) is 2.93. The largest absolute Gasteiger partial charge is 0.399 e. The van der Waals surface area contributed by atoms with Crippen LogP contribution in [0, 0.1) is 0 Å². The van der Waals surface area contributed by atoms with Crippen molar-refractivity contribution < 1.29 is 9.63 Å². The first-order valence-electron chi connectivity index (χ1n) is 7.50. The number of aromatic nitrogens is 1. The number of amides is 1. The molecule has 0 bridgehead atoms. The molecule has 1 aliphatic rings. The molecule has 0 radical (unpaired) electrons. The molecule has 7 heteroatoms. The lowest BCUT2D eigenvalue weighted by atomic mass is 9.89. The highest BCUT2D eigenvalue weighted by atomic mass is 35.5. The molecule has 2 atom stereocenters. The van der Waals surface area contributed by atoms with Gasteiger partial charge in [-0.2, -0.15) is 0 Å². The summed E-state index contributed by atoms with van der Waals surface area (Å²) in [5.74, 6) is -0.162. The van der Waals surface area contributed by atoms with Gasteiger partial charge in [0.05, 0.1) is 5.71 Å². The zero-order chi connectivity index (χ0) is 16.4. The van der Waals surface area contributed by atoms with Gasteiger partial charge in [0.15, 0.2) is 0 Å². The zero-order valence-electron chi connectivity index (χ0n) is 12.8. The number of fused-ring (bicyclic) bond motifs is 1. The van der Waals surface area contributed by atoms with Gasteiger partial charge >= 0.3 is 0 Å². The van der Waals surface area contributed by atoms with E-state index in [4.69, 9.17) is 22.2 Å². The van der Waals surface area contributed by atoms with Crippen molar-refractivity contribution in [1.82, 2.24) is 10.3 Å². The summed E-state index contributed by atoms with van der Waals surface area (Å²) in [6.07, 6.45) is 2.15. The summed E-state index contributed by atoms with van der Waals surface area (Å²) in [5.41, 5.74) is 8.46. The predicted octanol–water partition coefficient (Wildman–Crippen LogP) is 2.43. The van der Waals surface area contributed by atoms with Crippen molar-refractivity contribution in [3.8, 4) is 0 Å². The molecule has 1 aromatic heterocycles. The molecule has 1 fully saturated rings. The minimum Gasteiger partial charge on any atom is -0.399 e. The Kier molecular flexibility index (Phi) is 4.54. The van der Waals surface area contributed by atoms with Crippen LogP contribution < -0.4 is 11.1 Å². The molecular weight excluding hydrogens is 316 g/mol. The number of benzene rings is 1. The first-order valence-corrected chi connectivity index (χ1v) is 7.88. The van der Waals surface area contributed by atoms with Crippen LogP contribution in [-0.2, 0) is 4.84 Å². The maximum Gasteiger partial charge on any atom is 0.268 e. The quantitative estimate of drug-likeness (QED) is 0.753. The second-order valence-corrected chi connectivity index (χ2v) is 6.18. The molecular formula is C16H19ClN4O2. The Bertz CT molecular complexity index is 756. The molecule has 4 N–H and O–H groups in total. The van der Waals surface area contributed by atoms with Gasteiger partial charge in [-0.05, 0) is 37.1 Å². The summed E-state index contributed by atoms with van der Waals surface area (Å²) in [7, 11) is 1.52. The van der Waals surface area contributed by atoms with Gasteiger partial charge in [-0.1, -0.05) is 16.8 Å². The van der Waals surface area contributed by atoms with Crippen molar-refractivity contribution >= 4 is 34.1 Å². The second-order valence-electron chi connectivity index (χ2n) is 5.74. The van der Waals surface area contributed by atoms with Crippen molar-refractivity contribution in [2.24, 2.45) is 10.9 Å². The van der Waals surface area contributed by atoms with E-state index in [-0.39, 0.29) is 18.0 Å². The molecule has 6 nitrogen and oxygen atoms in total. The maximum absolute atomic E-state index is 12.4. The van der Waals surface area contributed by atoms with Crippen LogP contribution >= 0.6 is 11.6 Å². The van der Waals surface area contributed by atoms with E-state index in [0.717, 1.165) is 29.5 Å². The standard InChI is InChI=1S/C16H19ClN4O2/c1-23-21-11-3-5-14(12(18)8-11)20-16(22)15-7-9-6-10(17)2-4-13(9)19-15/h2,4,6-7,12,14,19H,3,5,8,18H2,1H3,(H,20,22)/t12-,14+/m0/s1. The molecule has 1 saturated carbocycles. The molecule has 2 aromatic rings. The number of halogens is 1. The van der Waals surface area contributed by atoms with Gasteiger partial charge in [-0.25, -0.2) is 0 Å². The van der Waals surface area contributed by atoms with Gasteiger partial charge in [-0.3, -0.25) is 4.79 Å². The van der Waals surface area contributed by atoms with Gasteiger partial charge in [0.25, 0.3) is 5.91 Å². The maximum atomic E-state index is 12.4. The van der Waals surface area contributed by atoms with Crippen molar-refractivity contribution in [3.05, 3.63) is 35.0 Å². The number of aromatic amines is 1. The fourth-order valence-electron chi connectivity index (χ4n) is 2.92. The summed E-state index contributed by atoms with van der Waals surface area (Å²) < 4.78 is 0. The summed E-state index contributed by atoms with van der Waals surface area (Å²) in [4.78, 5) is 20.3. The van der Waals surface area contributed by atoms with Gasteiger partial charge in [0.1, 0.15) is 12.8 Å². The third kappa shape index (κ3) is 3.48. The number of nitrogens with zero attached hydrogens (tertiary/aromatic N) is 1. The summed E-state index contributed by atoms with van der Waals surface area (Å²) >= 11 is 5.97. The van der Waals surface area contributed by atoms with Gasteiger partial charge in [0, 0.05) is 34.4 Å². The van der Waals surface area contributed by atoms with Crippen LogP contribution in [0.15, 0.2) is 29.4 Å². The summed E-state index contributed by atoms with van der Waals surface area (Å²) in [6.45, 7) is 0. The molecule has 3 rings (SSSR count). The van der Waals surface area contributed by atoms with E-state index < -0.39 is 0 Å². The number of hydrogen-bond donors (Lipinski definition) is 3. The van der Waals surface area contributed by atoms with Crippen molar-refractivity contribution in [2.45, 2.75) is 31.3 Å². The minimum absolute atomic E-state index is 0.0756. The molecule has 0 aliphatic heterocycles. The van der Waals surface area contributed by atoms with Crippen LogP contribution in [0.2, 0.25) is 5.02 Å². The summed E-state index contributed by atoms with van der Waals surface area (Å²) in [6, 6.07) is 7.02.